The van der Waals surface area contributed by atoms with E-state index in [1.54, 1.807) is 0 Å². The molecule has 0 spiro atoms. The molecule has 0 radical (unpaired) electrons. The quantitative estimate of drug-likeness (QED) is 0.728. The molecule has 1 saturated carbocycles. The number of nitrogens with one attached hydrogen (secondary N) is 1. The first-order valence-corrected chi connectivity index (χ1v) is 6.97. The maximum atomic E-state index is 13.0. The summed E-state index contributed by atoms with van der Waals surface area (Å²) in [5, 5.41) is 12.0. The zero-order chi connectivity index (χ0) is 15.1. The maximum Gasteiger partial charge on any atom is 0.418 e. The molecular weight excluding hydrogens is 337 g/mol. The van der Waals surface area contributed by atoms with Crippen LogP contribution in [0.1, 0.15) is 25.3 Å². The Labute approximate surface area is 123 Å². The van der Waals surface area contributed by atoms with E-state index in [-0.39, 0.29) is 29.4 Å². The van der Waals surface area contributed by atoms with Crippen LogP contribution in [-0.4, -0.2) is 17.8 Å². The van der Waals surface area contributed by atoms with Gasteiger partial charge in [-0.25, -0.2) is 0 Å². The zero-order valence-corrected chi connectivity index (χ0v) is 12.5. The Morgan fingerprint density at radius 1 is 1.45 bits per heavy atom. The minimum Gasteiger partial charge on any atom is -0.397 e. The molecule has 1 aromatic rings. The first-order chi connectivity index (χ1) is 9.14. The van der Waals surface area contributed by atoms with E-state index in [4.69, 9.17) is 10.8 Å². The van der Waals surface area contributed by atoms with E-state index in [0.717, 1.165) is 6.07 Å². The van der Waals surface area contributed by atoms with Crippen molar-refractivity contribution in [2.45, 2.75) is 32.0 Å². The lowest BCUT2D eigenvalue weighted by molar-refractivity contribution is -0.137. The minimum atomic E-state index is -4.47. The molecule has 2 rings (SSSR count). The Hall–Kier alpha value is -0.950. The van der Waals surface area contributed by atoms with Crippen molar-refractivity contribution in [2.75, 3.05) is 17.7 Å². The first-order valence-electron chi connectivity index (χ1n) is 6.18. The van der Waals surface area contributed by atoms with Crippen LogP contribution >= 0.6 is 15.9 Å². The third kappa shape index (κ3) is 3.03. The number of anilines is 2. The molecule has 0 heterocycles. The summed E-state index contributed by atoms with van der Waals surface area (Å²) in [6.45, 7) is 1.94. The number of alkyl halides is 3. The van der Waals surface area contributed by atoms with Crippen LogP contribution in [0.15, 0.2) is 16.6 Å². The molecule has 4 N–H and O–H groups in total. The van der Waals surface area contributed by atoms with Crippen LogP contribution in [0.4, 0.5) is 24.5 Å². The summed E-state index contributed by atoms with van der Waals surface area (Å²) in [7, 11) is 0. The fraction of sp³-hybridized carbons (Fsp3) is 0.538. The molecule has 112 valence electrons. The summed E-state index contributed by atoms with van der Waals surface area (Å²) < 4.78 is 39.4. The van der Waals surface area contributed by atoms with E-state index in [9.17, 15) is 13.2 Å². The van der Waals surface area contributed by atoms with Crippen molar-refractivity contribution in [3.05, 3.63) is 22.2 Å². The number of hydrogen-bond donors (Lipinski definition) is 3. The number of nitrogens with two attached hydrogens (primary N) is 1. The smallest absolute Gasteiger partial charge is 0.397 e. The van der Waals surface area contributed by atoms with Crippen LogP contribution in [-0.2, 0) is 6.18 Å². The fourth-order valence-corrected chi connectivity index (χ4v) is 3.05. The number of aliphatic hydroxyl groups is 1. The summed E-state index contributed by atoms with van der Waals surface area (Å²) >= 11 is 3.03. The van der Waals surface area contributed by atoms with Crippen molar-refractivity contribution in [2.24, 2.45) is 5.41 Å². The third-order valence-corrected chi connectivity index (χ3v) is 4.11. The largest absolute Gasteiger partial charge is 0.418 e. The van der Waals surface area contributed by atoms with Gasteiger partial charge in [0.1, 0.15) is 0 Å². The molecule has 1 aromatic carbocycles. The van der Waals surface area contributed by atoms with Crippen molar-refractivity contribution in [3.63, 3.8) is 0 Å². The van der Waals surface area contributed by atoms with Crippen molar-refractivity contribution >= 4 is 27.3 Å². The molecule has 0 atom stereocenters. The van der Waals surface area contributed by atoms with Gasteiger partial charge in [0.2, 0.25) is 0 Å². The predicted octanol–water partition coefficient (Wildman–Crippen LogP) is 3.62. The average Bonchev–Trinajstić information content (AvgIpc) is 2.28. The number of halogens is 4. The Morgan fingerprint density at radius 3 is 2.55 bits per heavy atom. The van der Waals surface area contributed by atoms with Crippen LogP contribution in [0, 0.1) is 5.41 Å². The Kier molecular flexibility index (Phi) is 3.94. The number of aliphatic hydroxyl groups excluding tert-OH is 1. The molecule has 1 fully saturated rings. The zero-order valence-electron chi connectivity index (χ0n) is 10.9. The van der Waals surface area contributed by atoms with E-state index >= 15 is 0 Å². The van der Waals surface area contributed by atoms with E-state index in [1.807, 2.05) is 6.92 Å². The molecule has 0 saturated heterocycles. The van der Waals surface area contributed by atoms with E-state index in [2.05, 4.69) is 21.2 Å². The van der Waals surface area contributed by atoms with Crippen LogP contribution in [0.2, 0.25) is 0 Å². The molecule has 3 nitrogen and oxygen atoms in total. The molecule has 0 aliphatic heterocycles. The van der Waals surface area contributed by atoms with Gasteiger partial charge in [0, 0.05) is 17.1 Å². The molecular formula is C13H16BrF3N2O. The molecule has 20 heavy (non-hydrogen) atoms. The SMILES string of the molecule is C[C@]1(CO)C[C@@H](Nc2c(N)cc(Br)cc2C(F)(F)F)C1. The number of hydrogen-bond acceptors (Lipinski definition) is 3. The second-order valence-corrected chi connectivity index (χ2v) is 6.55. The second-order valence-electron chi connectivity index (χ2n) is 5.63. The van der Waals surface area contributed by atoms with Crippen molar-refractivity contribution < 1.29 is 18.3 Å². The lowest BCUT2D eigenvalue weighted by atomic mass is 9.67. The average molecular weight is 353 g/mol. The van der Waals surface area contributed by atoms with Gasteiger partial charge in [-0.2, -0.15) is 13.2 Å². The van der Waals surface area contributed by atoms with Gasteiger partial charge in [0.15, 0.2) is 0 Å². The lowest BCUT2D eigenvalue weighted by Crippen LogP contribution is -2.45. The van der Waals surface area contributed by atoms with Crippen molar-refractivity contribution in [3.8, 4) is 0 Å². The summed E-state index contributed by atoms with van der Waals surface area (Å²) in [6.07, 6.45) is -3.23. The van der Waals surface area contributed by atoms with Gasteiger partial charge in [0.25, 0.3) is 0 Å². The highest BCUT2D eigenvalue weighted by atomic mass is 79.9. The van der Waals surface area contributed by atoms with Gasteiger partial charge in [-0.05, 0) is 30.4 Å². The number of rotatable bonds is 3. The second kappa shape index (κ2) is 5.11. The Morgan fingerprint density at radius 2 is 2.05 bits per heavy atom. The monoisotopic (exact) mass is 352 g/mol. The van der Waals surface area contributed by atoms with Gasteiger partial charge < -0.3 is 16.2 Å². The normalized spacial score (nSPS) is 26.2. The van der Waals surface area contributed by atoms with Crippen molar-refractivity contribution in [1.29, 1.82) is 0 Å². The number of benzene rings is 1. The molecule has 0 amide bonds. The molecule has 0 aromatic heterocycles. The van der Waals surface area contributed by atoms with Crippen LogP contribution < -0.4 is 11.1 Å². The van der Waals surface area contributed by atoms with E-state index < -0.39 is 11.7 Å². The summed E-state index contributed by atoms with van der Waals surface area (Å²) in [5.74, 6) is 0. The highest BCUT2D eigenvalue weighted by Crippen LogP contribution is 2.45. The van der Waals surface area contributed by atoms with Gasteiger partial charge in [-0.3, -0.25) is 0 Å². The predicted molar refractivity (Wildman–Crippen MR) is 75.4 cm³/mol. The molecule has 7 heteroatoms. The minimum absolute atomic E-state index is 0.0348. The summed E-state index contributed by atoms with van der Waals surface area (Å²) in [5.41, 5.74) is 4.70. The van der Waals surface area contributed by atoms with Gasteiger partial charge in [0.05, 0.1) is 16.9 Å². The van der Waals surface area contributed by atoms with Gasteiger partial charge in [-0.1, -0.05) is 22.9 Å². The topological polar surface area (TPSA) is 58.3 Å². The fourth-order valence-electron chi connectivity index (χ4n) is 2.58. The van der Waals surface area contributed by atoms with Gasteiger partial charge >= 0.3 is 6.18 Å². The van der Waals surface area contributed by atoms with Crippen LogP contribution in [0.3, 0.4) is 0 Å². The number of nitrogen functional groups attached to an aromatic ring is 1. The van der Waals surface area contributed by atoms with E-state index in [1.165, 1.54) is 6.07 Å². The van der Waals surface area contributed by atoms with E-state index in [0.29, 0.717) is 17.3 Å². The highest BCUT2D eigenvalue weighted by Gasteiger charge is 2.41. The standard InChI is InChI=1S/C13H16BrF3N2O/c1-12(6-20)4-8(5-12)19-11-9(13(15,16)17)2-7(14)3-10(11)18/h2-3,8,19-20H,4-6,18H2,1H3/t8-,12+. The highest BCUT2D eigenvalue weighted by molar-refractivity contribution is 9.10. The maximum absolute atomic E-state index is 13.0. The first kappa shape index (κ1) is 15.4. The molecule has 1 aliphatic rings. The third-order valence-electron chi connectivity index (χ3n) is 3.65. The summed E-state index contributed by atoms with van der Waals surface area (Å²) in [4.78, 5) is 0. The van der Waals surface area contributed by atoms with Crippen molar-refractivity contribution in [1.82, 2.24) is 0 Å². The van der Waals surface area contributed by atoms with Crippen LogP contribution in [0.25, 0.3) is 0 Å². The van der Waals surface area contributed by atoms with Crippen LogP contribution in [0.5, 0.6) is 0 Å². The molecule has 0 unspecified atom stereocenters. The van der Waals surface area contributed by atoms with Gasteiger partial charge in [-0.15, -0.1) is 0 Å². The summed E-state index contributed by atoms with van der Waals surface area (Å²) in [6, 6.07) is 2.36. The Bertz CT molecular complexity index is 513. The molecule has 1 aliphatic carbocycles. The lowest BCUT2D eigenvalue weighted by Gasteiger charge is -2.45. The Balaban J connectivity index is 2.24. The molecule has 0 bridgehead atoms.